The van der Waals surface area contributed by atoms with Crippen molar-refractivity contribution in [3.05, 3.63) is 29.8 Å². The van der Waals surface area contributed by atoms with Crippen molar-refractivity contribution in [3.63, 3.8) is 0 Å². The van der Waals surface area contributed by atoms with Crippen molar-refractivity contribution >= 4 is 0 Å². The SMILES string of the molecule is CCC1(C)C(NC)CC1c1ccc(OC(F)(F)F)cc1. The van der Waals surface area contributed by atoms with Crippen molar-refractivity contribution < 1.29 is 17.9 Å². The van der Waals surface area contributed by atoms with Crippen LogP contribution in [0, 0.1) is 5.41 Å². The number of rotatable bonds is 4. The van der Waals surface area contributed by atoms with Gasteiger partial charge in [0.05, 0.1) is 0 Å². The molecule has 0 amide bonds. The van der Waals surface area contributed by atoms with E-state index in [1.54, 1.807) is 12.1 Å². The fourth-order valence-corrected chi connectivity index (χ4v) is 3.22. The zero-order valence-corrected chi connectivity index (χ0v) is 11.9. The summed E-state index contributed by atoms with van der Waals surface area (Å²) in [6.45, 7) is 4.38. The summed E-state index contributed by atoms with van der Waals surface area (Å²) in [6, 6.07) is 6.73. The molecule has 1 aliphatic carbocycles. The van der Waals surface area contributed by atoms with Crippen LogP contribution in [-0.2, 0) is 0 Å². The second kappa shape index (κ2) is 5.28. The second-order valence-electron chi connectivity index (χ2n) is 5.61. The third-order valence-electron chi connectivity index (χ3n) is 4.69. The van der Waals surface area contributed by atoms with E-state index in [1.165, 1.54) is 12.1 Å². The van der Waals surface area contributed by atoms with Crippen molar-refractivity contribution in [2.24, 2.45) is 5.41 Å². The topological polar surface area (TPSA) is 21.3 Å². The molecule has 112 valence electrons. The lowest BCUT2D eigenvalue weighted by molar-refractivity contribution is -0.274. The van der Waals surface area contributed by atoms with Gasteiger partial charge in [-0.25, -0.2) is 0 Å². The van der Waals surface area contributed by atoms with Gasteiger partial charge in [-0.1, -0.05) is 26.0 Å². The van der Waals surface area contributed by atoms with Crippen LogP contribution in [0.3, 0.4) is 0 Å². The molecule has 3 atom stereocenters. The first-order chi connectivity index (χ1) is 9.30. The van der Waals surface area contributed by atoms with Crippen LogP contribution in [0.25, 0.3) is 0 Å². The van der Waals surface area contributed by atoms with Crippen LogP contribution in [0.5, 0.6) is 5.75 Å². The molecule has 1 aliphatic rings. The minimum atomic E-state index is -4.63. The fourth-order valence-electron chi connectivity index (χ4n) is 3.22. The first kappa shape index (κ1) is 15.2. The summed E-state index contributed by atoms with van der Waals surface area (Å²) in [7, 11) is 1.95. The van der Waals surface area contributed by atoms with Crippen molar-refractivity contribution in [1.82, 2.24) is 5.32 Å². The highest BCUT2D eigenvalue weighted by atomic mass is 19.4. The number of ether oxygens (including phenoxy) is 1. The van der Waals surface area contributed by atoms with Crippen LogP contribution in [0.4, 0.5) is 13.2 Å². The lowest BCUT2D eigenvalue weighted by Gasteiger charge is -2.54. The molecule has 5 heteroatoms. The Kier molecular flexibility index (Phi) is 4.00. The molecule has 1 saturated carbocycles. The van der Waals surface area contributed by atoms with E-state index in [9.17, 15) is 13.2 Å². The molecular weight excluding hydrogens is 267 g/mol. The Morgan fingerprint density at radius 2 is 1.90 bits per heavy atom. The summed E-state index contributed by atoms with van der Waals surface area (Å²) in [6.07, 6.45) is -2.59. The molecule has 0 bridgehead atoms. The zero-order valence-electron chi connectivity index (χ0n) is 11.9. The maximum absolute atomic E-state index is 12.1. The fraction of sp³-hybridized carbons (Fsp3) is 0.600. The van der Waals surface area contributed by atoms with Gasteiger partial charge in [-0.3, -0.25) is 0 Å². The third kappa shape index (κ3) is 2.77. The molecule has 20 heavy (non-hydrogen) atoms. The number of alkyl halides is 3. The monoisotopic (exact) mass is 287 g/mol. The van der Waals surface area contributed by atoms with E-state index < -0.39 is 6.36 Å². The summed E-state index contributed by atoms with van der Waals surface area (Å²) in [5.74, 6) is 0.217. The van der Waals surface area contributed by atoms with Gasteiger partial charge in [0.2, 0.25) is 0 Å². The normalized spacial score (nSPS) is 29.9. The Bertz CT molecular complexity index is 457. The average molecular weight is 287 g/mol. The van der Waals surface area contributed by atoms with Gasteiger partial charge < -0.3 is 10.1 Å². The van der Waals surface area contributed by atoms with Crippen LogP contribution in [0.2, 0.25) is 0 Å². The molecule has 0 aromatic heterocycles. The van der Waals surface area contributed by atoms with Gasteiger partial charge in [0, 0.05) is 6.04 Å². The number of halogens is 3. The predicted octanol–water partition coefficient (Wildman–Crippen LogP) is 4.08. The highest BCUT2D eigenvalue weighted by Crippen LogP contribution is 2.54. The lowest BCUT2D eigenvalue weighted by atomic mass is 9.54. The van der Waals surface area contributed by atoms with E-state index in [-0.39, 0.29) is 11.2 Å². The van der Waals surface area contributed by atoms with Crippen LogP contribution >= 0.6 is 0 Å². The van der Waals surface area contributed by atoms with Crippen LogP contribution in [0.15, 0.2) is 24.3 Å². The lowest BCUT2D eigenvalue weighted by Crippen LogP contribution is -2.55. The molecule has 1 aromatic carbocycles. The van der Waals surface area contributed by atoms with Gasteiger partial charge in [-0.05, 0) is 48.9 Å². The Hall–Kier alpha value is -1.23. The molecule has 0 aliphatic heterocycles. The van der Waals surface area contributed by atoms with E-state index in [2.05, 4.69) is 23.9 Å². The third-order valence-corrected chi connectivity index (χ3v) is 4.69. The smallest absolute Gasteiger partial charge is 0.406 e. The van der Waals surface area contributed by atoms with Gasteiger partial charge in [0.15, 0.2) is 0 Å². The van der Waals surface area contributed by atoms with E-state index >= 15 is 0 Å². The quantitative estimate of drug-likeness (QED) is 0.901. The van der Waals surface area contributed by atoms with Crippen molar-refractivity contribution in [1.29, 1.82) is 0 Å². The van der Waals surface area contributed by atoms with Gasteiger partial charge in [-0.2, -0.15) is 0 Å². The number of nitrogens with one attached hydrogen (secondary N) is 1. The molecule has 1 N–H and O–H groups in total. The summed E-state index contributed by atoms with van der Waals surface area (Å²) in [5, 5.41) is 3.31. The molecule has 1 aromatic rings. The maximum Gasteiger partial charge on any atom is 0.573 e. The summed E-state index contributed by atoms with van der Waals surface area (Å²) >= 11 is 0. The number of hydrogen-bond acceptors (Lipinski definition) is 2. The minimum Gasteiger partial charge on any atom is -0.406 e. The highest BCUT2D eigenvalue weighted by molar-refractivity contribution is 5.33. The summed E-state index contributed by atoms with van der Waals surface area (Å²) in [4.78, 5) is 0. The largest absolute Gasteiger partial charge is 0.573 e. The molecule has 0 heterocycles. The molecule has 0 saturated heterocycles. The first-order valence-corrected chi connectivity index (χ1v) is 6.83. The van der Waals surface area contributed by atoms with Crippen molar-refractivity contribution in [2.45, 2.75) is 45.0 Å². The van der Waals surface area contributed by atoms with Crippen LogP contribution < -0.4 is 10.1 Å². The van der Waals surface area contributed by atoms with Gasteiger partial charge >= 0.3 is 6.36 Å². The van der Waals surface area contributed by atoms with E-state index in [1.807, 2.05) is 7.05 Å². The van der Waals surface area contributed by atoms with E-state index in [0.717, 1.165) is 18.4 Å². The summed E-state index contributed by atoms with van der Waals surface area (Å²) < 4.78 is 40.3. The Balaban J connectivity index is 2.11. The standard InChI is InChI=1S/C15H20F3NO/c1-4-14(2)12(9-13(14)19-3)10-5-7-11(8-6-10)20-15(16,17)18/h5-8,12-13,19H,4,9H2,1-3H3. The zero-order chi connectivity index (χ0) is 15.0. The number of hydrogen-bond donors (Lipinski definition) is 1. The molecule has 2 nitrogen and oxygen atoms in total. The first-order valence-electron chi connectivity index (χ1n) is 6.83. The molecule has 0 spiro atoms. The molecular formula is C15H20F3NO. The molecule has 1 fully saturated rings. The van der Waals surface area contributed by atoms with Crippen LogP contribution in [0.1, 0.15) is 38.2 Å². The van der Waals surface area contributed by atoms with E-state index in [4.69, 9.17) is 0 Å². The molecule has 3 unspecified atom stereocenters. The minimum absolute atomic E-state index is 0.154. The number of benzene rings is 1. The van der Waals surface area contributed by atoms with Gasteiger partial charge in [0.25, 0.3) is 0 Å². The summed E-state index contributed by atoms with van der Waals surface area (Å²) in [5.41, 5.74) is 1.23. The predicted molar refractivity (Wildman–Crippen MR) is 71.7 cm³/mol. The van der Waals surface area contributed by atoms with E-state index in [0.29, 0.717) is 12.0 Å². The Labute approximate surface area is 117 Å². The average Bonchev–Trinajstić information content (AvgIpc) is 2.37. The second-order valence-corrected chi connectivity index (χ2v) is 5.61. The van der Waals surface area contributed by atoms with Crippen molar-refractivity contribution in [2.75, 3.05) is 7.05 Å². The van der Waals surface area contributed by atoms with Crippen molar-refractivity contribution in [3.8, 4) is 5.75 Å². The Morgan fingerprint density at radius 1 is 1.30 bits per heavy atom. The Morgan fingerprint density at radius 3 is 2.35 bits per heavy atom. The molecule has 2 rings (SSSR count). The molecule has 0 radical (unpaired) electrons. The van der Waals surface area contributed by atoms with Gasteiger partial charge in [0.1, 0.15) is 5.75 Å². The maximum atomic E-state index is 12.1. The highest BCUT2D eigenvalue weighted by Gasteiger charge is 2.49. The van der Waals surface area contributed by atoms with Gasteiger partial charge in [-0.15, -0.1) is 13.2 Å². The van der Waals surface area contributed by atoms with Crippen LogP contribution in [-0.4, -0.2) is 19.5 Å².